The van der Waals surface area contributed by atoms with E-state index in [1.807, 2.05) is 72.1 Å². The largest absolute Gasteiger partial charge is 0.493 e. The number of thiazole rings is 1. The molecule has 3 aromatic carbocycles. The molecule has 0 fully saturated rings. The number of carbonyl (C=O) groups is 1. The van der Waals surface area contributed by atoms with Crippen molar-refractivity contribution in [3.8, 4) is 17.6 Å². The molecule has 5 aromatic rings. The van der Waals surface area contributed by atoms with Crippen LogP contribution in [0.5, 0.6) is 11.5 Å². The zero-order valence-corrected chi connectivity index (χ0v) is 26.1. The van der Waals surface area contributed by atoms with Crippen molar-refractivity contribution in [3.05, 3.63) is 143 Å². The van der Waals surface area contributed by atoms with Crippen molar-refractivity contribution in [2.45, 2.75) is 19.6 Å². The summed E-state index contributed by atoms with van der Waals surface area (Å²) in [6.45, 7) is 2.15. The molecule has 8 nitrogen and oxygen atoms in total. The third kappa shape index (κ3) is 5.96. The number of hydrogen-bond donors (Lipinski definition) is 0. The van der Waals surface area contributed by atoms with E-state index in [2.05, 4.69) is 6.07 Å². The summed E-state index contributed by atoms with van der Waals surface area (Å²) in [6.07, 6.45) is 1.78. The minimum Gasteiger partial charge on any atom is -0.493 e. The number of benzene rings is 3. The first-order valence-electron chi connectivity index (χ1n) is 14.1. The highest BCUT2D eigenvalue weighted by Crippen LogP contribution is 2.37. The van der Waals surface area contributed by atoms with Crippen LogP contribution in [0, 0.1) is 11.3 Å². The van der Waals surface area contributed by atoms with Crippen LogP contribution in [-0.2, 0) is 16.1 Å². The van der Waals surface area contributed by atoms with Crippen LogP contribution in [0.15, 0.2) is 106 Å². The second kappa shape index (κ2) is 13.2. The number of methoxy groups -OCH3 is 1. The van der Waals surface area contributed by atoms with Crippen molar-refractivity contribution >= 4 is 40.4 Å². The molecule has 0 saturated heterocycles. The maximum atomic E-state index is 14.1. The van der Waals surface area contributed by atoms with Crippen LogP contribution in [0.4, 0.5) is 0 Å². The molecule has 1 atom stereocenters. The number of rotatable bonds is 9. The van der Waals surface area contributed by atoms with Crippen LogP contribution < -0.4 is 24.4 Å². The molecule has 6 rings (SSSR count). The van der Waals surface area contributed by atoms with E-state index in [1.165, 1.54) is 22.7 Å². The summed E-state index contributed by atoms with van der Waals surface area (Å²) in [5.41, 5.74) is 3.35. The van der Waals surface area contributed by atoms with Crippen molar-refractivity contribution in [1.29, 1.82) is 5.26 Å². The second-order valence-corrected chi connectivity index (χ2v) is 11.9. The molecule has 0 spiro atoms. The van der Waals surface area contributed by atoms with E-state index >= 15 is 0 Å². The number of hydrogen-bond acceptors (Lipinski definition) is 9. The van der Waals surface area contributed by atoms with Gasteiger partial charge >= 0.3 is 5.97 Å². The maximum Gasteiger partial charge on any atom is 0.338 e. The summed E-state index contributed by atoms with van der Waals surface area (Å²) in [6, 6.07) is 27.4. The molecule has 45 heavy (non-hydrogen) atoms. The number of ether oxygens (including phenoxy) is 3. The number of aromatic nitrogens is 1. The fourth-order valence-electron chi connectivity index (χ4n) is 5.11. The van der Waals surface area contributed by atoms with Gasteiger partial charge < -0.3 is 14.2 Å². The molecule has 224 valence electrons. The monoisotopic (exact) mass is 633 g/mol. The van der Waals surface area contributed by atoms with Gasteiger partial charge in [-0.1, -0.05) is 72.0 Å². The zero-order valence-electron chi connectivity index (χ0n) is 24.4. The van der Waals surface area contributed by atoms with E-state index in [1.54, 1.807) is 42.9 Å². The lowest BCUT2D eigenvalue weighted by Crippen LogP contribution is -2.39. The number of nitrogens with zero attached hydrogens (tertiary/aromatic N) is 3. The summed E-state index contributed by atoms with van der Waals surface area (Å²) in [5.74, 6) is 0.483. The number of nitriles is 1. The number of fused-ring (bicyclic) bond motifs is 1. The van der Waals surface area contributed by atoms with Crippen LogP contribution >= 0.6 is 22.7 Å². The quantitative estimate of drug-likeness (QED) is 0.200. The van der Waals surface area contributed by atoms with Crippen molar-refractivity contribution in [2.24, 2.45) is 4.99 Å². The first-order chi connectivity index (χ1) is 22.0. The molecular formula is C35H27N3O5S2. The van der Waals surface area contributed by atoms with Crippen molar-refractivity contribution in [2.75, 3.05) is 13.7 Å². The third-order valence-electron chi connectivity index (χ3n) is 7.19. The van der Waals surface area contributed by atoms with Gasteiger partial charge in [0.05, 0.1) is 41.2 Å². The summed E-state index contributed by atoms with van der Waals surface area (Å²) < 4.78 is 19.1. The molecule has 1 aliphatic rings. The Morgan fingerprint density at radius 1 is 1.04 bits per heavy atom. The van der Waals surface area contributed by atoms with Crippen molar-refractivity contribution < 1.29 is 19.0 Å². The molecule has 2 aromatic heterocycles. The van der Waals surface area contributed by atoms with E-state index in [4.69, 9.17) is 19.2 Å². The van der Waals surface area contributed by atoms with E-state index in [0.29, 0.717) is 37.7 Å². The molecule has 0 bridgehead atoms. The number of carbonyl (C=O) groups excluding carboxylic acids is 1. The Morgan fingerprint density at radius 2 is 1.84 bits per heavy atom. The molecule has 0 amide bonds. The maximum absolute atomic E-state index is 14.1. The molecule has 0 saturated carbocycles. The van der Waals surface area contributed by atoms with Gasteiger partial charge in [-0.05, 0) is 48.2 Å². The van der Waals surface area contributed by atoms with E-state index < -0.39 is 12.0 Å². The molecule has 1 aliphatic heterocycles. The van der Waals surface area contributed by atoms with Crippen molar-refractivity contribution in [1.82, 2.24) is 4.57 Å². The fraction of sp³-hybridized carbons (Fsp3) is 0.143. The lowest BCUT2D eigenvalue weighted by Gasteiger charge is -2.24. The Hall–Kier alpha value is -5.24. The van der Waals surface area contributed by atoms with Gasteiger partial charge in [-0.25, -0.2) is 9.79 Å². The number of esters is 1. The van der Waals surface area contributed by atoms with Crippen molar-refractivity contribution in [3.63, 3.8) is 0 Å². The molecule has 3 heterocycles. The van der Waals surface area contributed by atoms with Crippen LogP contribution in [0.2, 0.25) is 0 Å². The second-order valence-electron chi connectivity index (χ2n) is 9.91. The summed E-state index contributed by atoms with van der Waals surface area (Å²) in [4.78, 5) is 33.7. The zero-order chi connectivity index (χ0) is 31.3. The highest BCUT2D eigenvalue weighted by Gasteiger charge is 2.35. The Balaban J connectivity index is 1.44. The highest BCUT2D eigenvalue weighted by molar-refractivity contribution is 7.10. The van der Waals surface area contributed by atoms with Gasteiger partial charge in [-0.3, -0.25) is 9.36 Å². The van der Waals surface area contributed by atoms with Crippen LogP contribution in [0.1, 0.15) is 40.1 Å². The summed E-state index contributed by atoms with van der Waals surface area (Å²) in [5, 5.41) is 11.3. The molecule has 10 heteroatoms. The molecule has 0 aliphatic carbocycles. The van der Waals surface area contributed by atoms with Gasteiger partial charge in [0.15, 0.2) is 16.3 Å². The molecule has 0 N–H and O–H groups in total. The van der Waals surface area contributed by atoms with Crippen LogP contribution in [-0.4, -0.2) is 24.3 Å². The molecule has 0 radical (unpaired) electrons. The average molecular weight is 634 g/mol. The van der Waals surface area contributed by atoms with Crippen LogP contribution in [0.3, 0.4) is 0 Å². The Morgan fingerprint density at radius 3 is 2.58 bits per heavy atom. The fourth-order valence-corrected chi connectivity index (χ4v) is 6.94. The molecular weight excluding hydrogens is 607 g/mol. The van der Waals surface area contributed by atoms with E-state index in [0.717, 1.165) is 21.6 Å². The summed E-state index contributed by atoms with van der Waals surface area (Å²) in [7, 11) is 1.55. The Kier molecular flexibility index (Phi) is 8.73. The van der Waals surface area contributed by atoms with E-state index in [9.17, 15) is 14.9 Å². The van der Waals surface area contributed by atoms with Gasteiger partial charge in [0, 0.05) is 16.0 Å². The first kappa shape index (κ1) is 29.8. The lowest BCUT2D eigenvalue weighted by molar-refractivity contribution is -0.138. The van der Waals surface area contributed by atoms with Gasteiger partial charge in [0.1, 0.15) is 12.6 Å². The van der Waals surface area contributed by atoms with Gasteiger partial charge in [0.25, 0.3) is 5.56 Å². The molecule has 0 unspecified atom stereocenters. The highest BCUT2D eigenvalue weighted by atomic mass is 32.1. The smallest absolute Gasteiger partial charge is 0.338 e. The van der Waals surface area contributed by atoms with Crippen LogP contribution in [0.25, 0.3) is 11.8 Å². The SMILES string of the molecule is CCOC(=O)C1=C(c2ccccc2)N=c2s/c(=C/c3ccc(OCc4ccccc4C#N)c(OC)c3)c(=O)n2[C@H]1c1cccs1. The topological polar surface area (TPSA) is 103 Å². The minimum atomic E-state index is -0.695. The average Bonchev–Trinajstić information content (AvgIpc) is 3.72. The lowest BCUT2D eigenvalue weighted by atomic mass is 9.97. The van der Waals surface area contributed by atoms with Gasteiger partial charge in [0.2, 0.25) is 0 Å². The minimum absolute atomic E-state index is 0.193. The Bertz CT molecular complexity index is 2120. The standard InChI is InChI=1S/C35H27N3O5S2/c1-3-42-34(40)30-31(23-10-5-4-6-11-23)37-35-38(32(30)28-14-9-17-44-28)33(39)29(45-35)19-22-15-16-26(27(18-22)41-2)43-21-25-13-8-7-12-24(25)20-36/h4-19,32H,3,21H2,1-2H3/b29-19+/t32-/m0/s1. The van der Waals surface area contributed by atoms with Gasteiger partial charge in [-0.15, -0.1) is 11.3 Å². The Labute approximate surface area is 267 Å². The normalized spacial score (nSPS) is 14.3. The predicted molar refractivity (Wildman–Crippen MR) is 174 cm³/mol. The third-order valence-corrected chi connectivity index (χ3v) is 9.10. The van der Waals surface area contributed by atoms with Gasteiger partial charge in [-0.2, -0.15) is 5.26 Å². The predicted octanol–water partition coefficient (Wildman–Crippen LogP) is 5.46. The first-order valence-corrected chi connectivity index (χ1v) is 15.8. The summed E-state index contributed by atoms with van der Waals surface area (Å²) >= 11 is 2.72. The number of thiophene rings is 1. The van der Waals surface area contributed by atoms with E-state index in [-0.39, 0.29) is 18.8 Å².